The topological polar surface area (TPSA) is 63.7 Å². The summed E-state index contributed by atoms with van der Waals surface area (Å²) in [4.78, 5) is 14.6. The van der Waals surface area contributed by atoms with Crippen molar-refractivity contribution in [3.05, 3.63) is 65.7 Å². The number of carbonyl (C=O) groups is 1. The Hall–Kier alpha value is -2.34. The van der Waals surface area contributed by atoms with E-state index in [1.807, 2.05) is 54.6 Å². The van der Waals surface area contributed by atoms with Crippen LogP contribution in [-0.2, 0) is 21.1 Å². The van der Waals surface area contributed by atoms with Crippen molar-refractivity contribution in [3.63, 3.8) is 0 Å². The maximum Gasteiger partial charge on any atom is 0.263 e. The monoisotopic (exact) mass is 385 g/mol. The van der Waals surface area contributed by atoms with Crippen molar-refractivity contribution in [1.29, 1.82) is 0 Å². The summed E-state index contributed by atoms with van der Waals surface area (Å²) in [5.41, 5.74) is 1.92. The van der Waals surface area contributed by atoms with E-state index in [0.29, 0.717) is 19.4 Å². The second kappa shape index (κ2) is 7.35. The molecule has 0 unspecified atom stereocenters. The Kier molecular flexibility index (Phi) is 4.91. The van der Waals surface area contributed by atoms with Gasteiger partial charge in [-0.25, -0.2) is 8.42 Å². The number of hydrogen-bond acceptors (Lipinski definition) is 4. The first-order valence-corrected chi connectivity index (χ1v) is 11.1. The van der Waals surface area contributed by atoms with Gasteiger partial charge in [0.25, 0.3) is 5.91 Å². The summed E-state index contributed by atoms with van der Waals surface area (Å²) in [5, 5.41) is -0.551. The van der Waals surface area contributed by atoms with Crippen LogP contribution in [0.5, 0.6) is 5.75 Å². The van der Waals surface area contributed by atoms with E-state index in [0.717, 1.165) is 23.3 Å². The molecule has 5 nitrogen and oxygen atoms in total. The number of carbonyl (C=O) groups excluding carboxylic acids is 1. The molecular formula is C21H23NO4S. The van der Waals surface area contributed by atoms with Crippen LogP contribution in [0.2, 0.25) is 0 Å². The van der Waals surface area contributed by atoms with Crippen LogP contribution in [0.4, 0.5) is 0 Å². The molecule has 0 N–H and O–H groups in total. The molecule has 6 heteroatoms. The van der Waals surface area contributed by atoms with E-state index in [-0.39, 0.29) is 18.2 Å². The van der Waals surface area contributed by atoms with Crippen LogP contribution < -0.4 is 4.74 Å². The molecule has 0 saturated carbocycles. The van der Waals surface area contributed by atoms with Gasteiger partial charge in [0.1, 0.15) is 5.75 Å². The van der Waals surface area contributed by atoms with Gasteiger partial charge in [0, 0.05) is 13.1 Å². The Balaban J connectivity index is 1.49. The fourth-order valence-electron chi connectivity index (χ4n) is 3.91. The zero-order chi connectivity index (χ0) is 18.9. The van der Waals surface area contributed by atoms with E-state index in [2.05, 4.69) is 0 Å². The highest BCUT2D eigenvalue weighted by Crippen LogP contribution is 2.31. The van der Waals surface area contributed by atoms with Gasteiger partial charge >= 0.3 is 0 Å². The van der Waals surface area contributed by atoms with Crippen LogP contribution in [0.25, 0.3) is 0 Å². The number of benzene rings is 2. The van der Waals surface area contributed by atoms with Crippen LogP contribution in [-0.4, -0.2) is 44.2 Å². The lowest BCUT2D eigenvalue weighted by atomic mass is 10.0. The maximum absolute atomic E-state index is 13.0. The standard InChI is InChI=1S/C21H23NO4S/c23-21(19-11-10-16-6-4-5-9-18(16)26-19)22-13-12-20(27(24,25)15-14-22)17-7-2-1-3-8-17/h1-9,19-20H,10-15H2/t19-,20-/m0/s1. The maximum atomic E-state index is 13.0. The summed E-state index contributed by atoms with van der Waals surface area (Å²) in [6, 6.07) is 17.0. The molecule has 0 spiro atoms. The fraction of sp³-hybridized carbons (Fsp3) is 0.381. The highest BCUT2D eigenvalue weighted by molar-refractivity contribution is 7.91. The van der Waals surface area contributed by atoms with Crippen LogP contribution in [0, 0.1) is 0 Å². The molecule has 1 fully saturated rings. The number of hydrogen-bond donors (Lipinski definition) is 0. The molecule has 142 valence electrons. The zero-order valence-electron chi connectivity index (χ0n) is 15.1. The first-order chi connectivity index (χ1) is 13.0. The number of sulfone groups is 1. The van der Waals surface area contributed by atoms with E-state index >= 15 is 0 Å². The first kappa shape index (κ1) is 18.0. The molecule has 2 aromatic carbocycles. The molecule has 4 rings (SSSR count). The highest BCUT2D eigenvalue weighted by Gasteiger charge is 2.36. The average molecular weight is 385 g/mol. The summed E-state index contributed by atoms with van der Waals surface area (Å²) in [5.74, 6) is 0.641. The number of nitrogens with zero attached hydrogens (tertiary/aromatic N) is 1. The lowest BCUT2D eigenvalue weighted by molar-refractivity contribution is -0.139. The predicted molar refractivity (Wildman–Crippen MR) is 103 cm³/mol. The first-order valence-electron chi connectivity index (χ1n) is 9.34. The Morgan fingerprint density at radius 3 is 2.52 bits per heavy atom. The average Bonchev–Trinajstić information content (AvgIpc) is 2.85. The predicted octanol–water partition coefficient (Wildman–Crippen LogP) is 2.77. The number of para-hydroxylation sites is 1. The Morgan fingerprint density at radius 1 is 0.963 bits per heavy atom. The van der Waals surface area contributed by atoms with E-state index in [9.17, 15) is 13.2 Å². The van der Waals surface area contributed by atoms with Crippen LogP contribution in [0.1, 0.15) is 29.2 Å². The van der Waals surface area contributed by atoms with Gasteiger partial charge in [-0.15, -0.1) is 0 Å². The minimum absolute atomic E-state index is 0.0123. The Bertz CT molecular complexity index is 926. The largest absolute Gasteiger partial charge is 0.480 e. The summed E-state index contributed by atoms with van der Waals surface area (Å²) in [7, 11) is -3.29. The quantitative estimate of drug-likeness (QED) is 0.797. The van der Waals surface area contributed by atoms with Crippen molar-refractivity contribution in [2.75, 3.05) is 18.8 Å². The number of aryl methyl sites for hydroxylation is 1. The normalized spacial score (nSPS) is 24.4. The van der Waals surface area contributed by atoms with Crippen LogP contribution in [0.15, 0.2) is 54.6 Å². The van der Waals surface area contributed by atoms with E-state index in [1.165, 1.54) is 0 Å². The van der Waals surface area contributed by atoms with E-state index in [1.54, 1.807) is 4.90 Å². The van der Waals surface area contributed by atoms with Gasteiger partial charge in [0.05, 0.1) is 11.0 Å². The van der Waals surface area contributed by atoms with Crippen LogP contribution in [0.3, 0.4) is 0 Å². The lowest BCUT2D eigenvalue weighted by Crippen LogP contribution is -2.44. The molecule has 1 saturated heterocycles. The number of fused-ring (bicyclic) bond motifs is 1. The Morgan fingerprint density at radius 2 is 1.70 bits per heavy atom. The third-order valence-corrected chi connectivity index (χ3v) is 7.54. The second-order valence-electron chi connectivity index (χ2n) is 7.13. The van der Waals surface area contributed by atoms with E-state index in [4.69, 9.17) is 4.74 Å². The number of rotatable bonds is 2. The molecular weight excluding hydrogens is 362 g/mol. The molecule has 0 aromatic heterocycles. The smallest absolute Gasteiger partial charge is 0.263 e. The fourth-order valence-corrected chi connectivity index (χ4v) is 5.70. The van der Waals surface area contributed by atoms with Crippen molar-refractivity contribution in [2.45, 2.75) is 30.6 Å². The molecule has 0 aliphatic carbocycles. The summed E-state index contributed by atoms with van der Waals surface area (Å²) in [6.07, 6.45) is 1.31. The molecule has 1 amide bonds. The minimum atomic E-state index is -3.29. The molecule has 0 radical (unpaired) electrons. The molecule has 2 aromatic rings. The number of amides is 1. The van der Waals surface area contributed by atoms with Crippen molar-refractivity contribution < 1.29 is 17.9 Å². The van der Waals surface area contributed by atoms with Crippen molar-refractivity contribution in [1.82, 2.24) is 4.90 Å². The summed E-state index contributed by atoms with van der Waals surface area (Å²) >= 11 is 0. The van der Waals surface area contributed by atoms with Crippen molar-refractivity contribution >= 4 is 15.7 Å². The van der Waals surface area contributed by atoms with Gasteiger partial charge in [0.15, 0.2) is 15.9 Å². The van der Waals surface area contributed by atoms with Crippen molar-refractivity contribution in [2.24, 2.45) is 0 Å². The summed E-state index contributed by atoms with van der Waals surface area (Å²) in [6.45, 7) is 0.658. The zero-order valence-corrected chi connectivity index (χ0v) is 15.9. The van der Waals surface area contributed by atoms with Crippen LogP contribution >= 0.6 is 0 Å². The minimum Gasteiger partial charge on any atom is -0.480 e. The van der Waals surface area contributed by atoms with E-state index < -0.39 is 21.2 Å². The van der Waals surface area contributed by atoms with Gasteiger partial charge in [0.2, 0.25) is 0 Å². The third-order valence-electron chi connectivity index (χ3n) is 5.42. The van der Waals surface area contributed by atoms with Gasteiger partial charge in [-0.1, -0.05) is 48.5 Å². The molecule has 2 aliphatic heterocycles. The van der Waals surface area contributed by atoms with Gasteiger partial charge in [-0.05, 0) is 36.5 Å². The molecule has 27 heavy (non-hydrogen) atoms. The molecule has 2 aliphatic rings. The Labute approximate surface area is 159 Å². The third kappa shape index (κ3) is 3.72. The molecule has 0 bridgehead atoms. The number of ether oxygens (including phenoxy) is 1. The SMILES string of the molecule is O=C([C@@H]1CCc2ccccc2O1)N1CC[C@@H](c2ccccc2)S(=O)(=O)CC1. The van der Waals surface area contributed by atoms with Gasteiger partial charge in [-0.3, -0.25) is 4.79 Å². The highest BCUT2D eigenvalue weighted by atomic mass is 32.2. The van der Waals surface area contributed by atoms with Crippen molar-refractivity contribution in [3.8, 4) is 5.75 Å². The second-order valence-corrected chi connectivity index (χ2v) is 9.44. The molecule has 2 heterocycles. The van der Waals surface area contributed by atoms with Gasteiger partial charge in [-0.2, -0.15) is 0 Å². The lowest BCUT2D eigenvalue weighted by Gasteiger charge is -2.30. The van der Waals surface area contributed by atoms with Gasteiger partial charge < -0.3 is 9.64 Å². The summed E-state index contributed by atoms with van der Waals surface area (Å²) < 4.78 is 31.4. The molecule has 2 atom stereocenters.